The molecule has 0 unspecified atom stereocenters. The van der Waals surface area contributed by atoms with Crippen molar-refractivity contribution in [2.45, 2.75) is 6.92 Å². The minimum Gasteiger partial charge on any atom is -0.346 e. The first kappa shape index (κ1) is 14.5. The molecular formula is C17H13N5O. The molecule has 0 aliphatic heterocycles. The summed E-state index contributed by atoms with van der Waals surface area (Å²) < 4.78 is 5.31. The largest absolute Gasteiger partial charge is 0.346 e. The average Bonchev–Trinajstić information content (AvgIpc) is 3.23. The number of aromatic amines is 1. The standard InChI is InChI=1S/C17H13N5O/c1-3-4-12(10-18)9-11(2)17-21-16(22-23-17)14-6-8-20-15-13(14)5-7-19-15/h3-9H,1H2,2H3,(H,19,20)/b11-9+,12-4+. The fourth-order valence-electron chi connectivity index (χ4n) is 2.19. The zero-order valence-corrected chi connectivity index (χ0v) is 12.4. The Morgan fingerprint density at radius 3 is 3.09 bits per heavy atom. The summed E-state index contributed by atoms with van der Waals surface area (Å²) in [7, 11) is 0. The lowest BCUT2D eigenvalue weighted by Gasteiger charge is -1.96. The first-order valence-electron chi connectivity index (χ1n) is 6.90. The molecule has 0 aliphatic rings. The number of nitrogens with zero attached hydrogens (tertiary/aromatic N) is 4. The van der Waals surface area contributed by atoms with Gasteiger partial charge in [-0.1, -0.05) is 17.8 Å². The van der Waals surface area contributed by atoms with Crippen molar-refractivity contribution in [2.24, 2.45) is 0 Å². The van der Waals surface area contributed by atoms with Gasteiger partial charge in [-0.2, -0.15) is 10.2 Å². The predicted octanol–water partition coefficient (Wildman–Crippen LogP) is 3.65. The van der Waals surface area contributed by atoms with E-state index >= 15 is 0 Å². The van der Waals surface area contributed by atoms with Gasteiger partial charge in [0.05, 0.1) is 11.6 Å². The van der Waals surface area contributed by atoms with Crippen LogP contribution in [-0.2, 0) is 0 Å². The Hall–Kier alpha value is -3.46. The van der Waals surface area contributed by atoms with E-state index in [4.69, 9.17) is 9.78 Å². The molecule has 0 aliphatic carbocycles. The highest BCUT2D eigenvalue weighted by Gasteiger charge is 2.13. The first-order chi connectivity index (χ1) is 11.2. The Bertz CT molecular complexity index is 968. The Morgan fingerprint density at radius 2 is 2.30 bits per heavy atom. The lowest BCUT2D eigenvalue weighted by molar-refractivity contribution is 0.408. The number of fused-ring (bicyclic) bond motifs is 1. The number of rotatable bonds is 4. The number of allylic oxidation sites excluding steroid dienone is 5. The van der Waals surface area contributed by atoms with Gasteiger partial charge < -0.3 is 9.51 Å². The number of nitriles is 1. The van der Waals surface area contributed by atoms with E-state index in [-0.39, 0.29) is 0 Å². The van der Waals surface area contributed by atoms with E-state index in [2.05, 4.69) is 32.8 Å². The van der Waals surface area contributed by atoms with Gasteiger partial charge in [-0.05, 0) is 31.2 Å². The van der Waals surface area contributed by atoms with Crippen molar-refractivity contribution in [3.05, 3.63) is 60.8 Å². The molecule has 0 saturated heterocycles. The fourth-order valence-corrected chi connectivity index (χ4v) is 2.19. The van der Waals surface area contributed by atoms with E-state index in [9.17, 15) is 0 Å². The number of hydrogen-bond acceptors (Lipinski definition) is 5. The van der Waals surface area contributed by atoms with Crippen molar-refractivity contribution in [3.63, 3.8) is 0 Å². The van der Waals surface area contributed by atoms with Gasteiger partial charge in [-0.15, -0.1) is 0 Å². The molecule has 3 aromatic heterocycles. The van der Waals surface area contributed by atoms with Crippen molar-refractivity contribution in [3.8, 4) is 17.5 Å². The predicted molar refractivity (Wildman–Crippen MR) is 86.9 cm³/mol. The van der Waals surface area contributed by atoms with Crippen LogP contribution in [0, 0.1) is 11.3 Å². The van der Waals surface area contributed by atoms with Crippen LogP contribution in [0.1, 0.15) is 12.8 Å². The smallest absolute Gasteiger partial charge is 0.253 e. The third-order valence-corrected chi connectivity index (χ3v) is 3.26. The lowest BCUT2D eigenvalue weighted by atomic mass is 10.1. The number of pyridine rings is 1. The van der Waals surface area contributed by atoms with Gasteiger partial charge >= 0.3 is 0 Å². The van der Waals surface area contributed by atoms with E-state index in [1.165, 1.54) is 0 Å². The van der Waals surface area contributed by atoms with E-state index in [0.717, 1.165) is 16.6 Å². The van der Waals surface area contributed by atoms with Crippen molar-refractivity contribution in [2.75, 3.05) is 0 Å². The van der Waals surface area contributed by atoms with Crippen LogP contribution in [0.3, 0.4) is 0 Å². The summed E-state index contributed by atoms with van der Waals surface area (Å²) in [5.41, 5.74) is 2.77. The van der Waals surface area contributed by atoms with Crippen LogP contribution in [-0.4, -0.2) is 20.1 Å². The van der Waals surface area contributed by atoms with E-state index in [1.807, 2.05) is 25.3 Å². The summed E-state index contributed by atoms with van der Waals surface area (Å²) in [5, 5.41) is 14.0. The number of aromatic nitrogens is 4. The minimum absolute atomic E-state index is 0.366. The molecular weight excluding hydrogens is 290 g/mol. The second-order valence-electron chi connectivity index (χ2n) is 4.82. The average molecular weight is 303 g/mol. The summed E-state index contributed by atoms with van der Waals surface area (Å²) in [6.07, 6.45) is 8.35. The molecule has 3 rings (SSSR count). The summed E-state index contributed by atoms with van der Waals surface area (Å²) in [4.78, 5) is 11.7. The second kappa shape index (κ2) is 6.12. The molecule has 0 saturated carbocycles. The van der Waals surface area contributed by atoms with Crippen LogP contribution in [0.4, 0.5) is 0 Å². The topological polar surface area (TPSA) is 91.4 Å². The maximum atomic E-state index is 9.04. The SMILES string of the molecule is C=C/C=C(C#N)\C=C(/C)c1nc(-c2ccnc3[nH]ccc23)no1. The van der Waals surface area contributed by atoms with Gasteiger partial charge in [0.1, 0.15) is 5.65 Å². The highest BCUT2D eigenvalue weighted by molar-refractivity contribution is 5.90. The number of nitrogens with one attached hydrogen (secondary N) is 1. The Balaban J connectivity index is 1.99. The van der Waals surface area contributed by atoms with Crippen molar-refractivity contribution in [1.29, 1.82) is 5.26 Å². The molecule has 0 fully saturated rings. The Kier molecular flexibility index (Phi) is 3.85. The van der Waals surface area contributed by atoms with Gasteiger partial charge in [0, 0.05) is 28.9 Å². The molecule has 6 heteroatoms. The van der Waals surface area contributed by atoms with Gasteiger partial charge in [0.2, 0.25) is 5.82 Å². The molecule has 0 amide bonds. The highest BCUT2D eigenvalue weighted by Crippen LogP contribution is 2.26. The maximum Gasteiger partial charge on any atom is 0.253 e. The Labute approximate surface area is 132 Å². The van der Waals surface area contributed by atoms with E-state index in [0.29, 0.717) is 22.9 Å². The number of H-pyrrole nitrogens is 1. The zero-order chi connectivity index (χ0) is 16.2. The van der Waals surface area contributed by atoms with E-state index in [1.54, 1.807) is 24.4 Å². The third kappa shape index (κ3) is 2.80. The molecule has 3 aromatic rings. The summed E-state index contributed by atoms with van der Waals surface area (Å²) in [5.74, 6) is 0.844. The monoisotopic (exact) mass is 303 g/mol. The van der Waals surface area contributed by atoms with Crippen LogP contribution < -0.4 is 0 Å². The maximum absolute atomic E-state index is 9.04. The second-order valence-corrected chi connectivity index (χ2v) is 4.82. The molecule has 6 nitrogen and oxygen atoms in total. The van der Waals surface area contributed by atoms with E-state index < -0.39 is 0 Å². The lowest BCUT2D eigenvalue weighted by Crippen LogP contribution is -1.85. The van der Waals surface area contributed by atoms with Gasteiger partial charge in [0.25, 0.3) is 5.89 Å². The van der Waals surface area contributed by atoms with Gasteiger partial charge in [-0.3, -0.25) is 0 Å². The first-order valence-corrected chi connectivity index (χ1v) is 6.90. The normalized spacial score (nSPS) is 12.3. The molecule has 112 valence electrons. The molecule has 0 bridgehead atoms. The van der Waals surface area contributed by atoms with Crippen LogP contribution in [0.15, 0.2) is 59.4 Å². The summed E-state index contributed by atoms with van der Waals surface area (Å²) >= 11 is 0. The molecule has 23 heavy (non-hydrogen) atoms. The fraction of sp³-hybridized carbons (Fsp3) is 0.0588. The summed E-state index contributed by atoms with van der Waals surface area (Å²) in [6.45, 7) is 5.39. The van der Waals surface area contributed by atoms with Crippen LogP contribution in [0.25, 0.3) is 28.0 Å². The van der Waals surface area contributed by atoms with Gasteiger partial charge in [0.15, 0.2) is 0 Å². The number of hydrogen-bond donors (Lipinski definition) is 1. The van der Waals surface area contributed by atoms with Crippen molar-refractivity contribution in [1.82, 2.24) is 20.1 Å². The quantitative estimate of drug-likeness (QED) is 0.586. The third-order valence-electron chi connectivity index (χ3n) is 3.26. The molecule has 0 atom stereocenters. The molecule has 0 spiro atoms. The summed E-state index contributed by atoms with van der Waals surface area (Å²) in [6, 6.07) is 5.82. The minimum atomic E-state index is 0.366. The molecule has 1 N–H and O–H groups in total. The molecule has 3 heterocycles. The van der Waals surface area contributed by atoms with Crippen LogP contribution in [0.2, 0.25) is 0 Å². The molecule has 0 radical (unpaired) electrons. The van der Waals surface area contributed by atoms with Crippen molar-refractivity contribution < 1.29 is 4.52 Å². The molecule has 0 aromatic carbocycles. The Morgan fingerprint density at radius 1 is 1.43 bits per heavy atom. The van der Waals surface area contributed by atoms with Crippen molar-refractivity contribution >= 4 is 16.6 Å². The van der Waals surface area contributed by atoms with Gasteiger partial charge in [-0.25, -0.2) is 4.98 Å². The highest BCUT2D eigenvalue weighted by atomic mass is 16.5. The van der Waals surface area contributed by atoms with Crippen LogP contribution in [0.5, 0.6) is 0 Å². The zero-order valence-electron chi connectivity index (χ0n) is 12.4. The van der Waals surface area contributed by atoms with Crippen LogP contribution >= 0.6 is 0 Å².